The normalized spacial score (nSPS) is 17.8. The van der Waals surface area contributed by atoms with E-state index in [1.807, 2.05) is 30.3 Å². The lowest BCUT2D eigenvalue weighted by molar-refractivity contribution is 0.0320. The molecule has 2 fully saturated rings. The largest absolute Gasteiger partial charge is 0.476 e. The van der Waals surface area contributed by atoms with Crippen molar-refractivity contribution >= 4 is 22.9 Å². The Morgan fingerprint density at radius 2 is 1.79 bits per heavy atom. The van der Waals surface area contributed by atoms with Gasteiger partial charge in [-0.1, -0.05) is 17.3 Å². The highest BCUT2D eigenvalue weighted by Crippen LogP contribution is 2.23. The van der Waals surface area contributed by atoms with E-state index in [0.29, 0.717) is 19.0 Å². The van der Waals surface area contributed by atoms with Crippen molar-refractivity contribution in [3.05, 3.63) is 47.8 Å². The summed E-state index contributed by atoms with van der Waals surface area (Å²) in [7, 11) is 0. The third kappa shape index (κ3) is 5.68. The molecular weight excluding hydrogens is 422 g/mol. The van der Waals surface area contributed by atoms with E-state index in [2.05, 4.69) is 26.0 Å². The number of morpholine rings is 2. The van der Waals surface area contributed by atoms with Gasteiger partial charge in [-0.2, -0.15) is 0 Å². The molecule has 0 bridgehead atoms. The SMILES string of the molecule is C(=NCc1cc(N2CCOCC2)cc(OCCN2CCOCC2)n1)c1noc2ccccc12. The van der Waals surface area contributed by atoms with Crippen molar-refractivity contribution < 1.29 is 18.7 Å². The van der Waals surface area contributed by atoms with Crippen LogP contribution in [0, 0.1) is 0 Å². The minimum atomic E-state index is 0.430. The Hall–Kier alpha value is -3.01. The Morgan fingerprint density at radius 3 is 2.64 bits per heavy atom. The second kappa shape index (κ2) is 10.7. The zero-order valence-electron chi connectivity index (χ0n) is 18.7. The highest BCUT2D eigenvalue weighted by molar-refractivity contribution is 5.95. The first-order valence-corrected chi connectivity index (χ1v) is 11.5. The second-order valence-electron chi connectivity index (χ2n) is 8.09. The van der Waals surface area contributed by atoms with E-state index in [1.54, 1.807) is 6.21 Å². The van der Waals surface area contributed by atoms with Gasteiger partial charge in [0.05, 0.1) is 50.3 Å². The van der Waals surface area contributed by atoms with Crippen molar-refractivity contribution in [2.24, 2.45) is 4.99 Å². The van der Waals surface area contributed by atoms with Gasteiger partial charge in [-0.05, 0) is 18.2 Å². The van der Waals surface area contributed by atoms with Crippen molar-refractivity contribution in [1.82, 2.24) is 15.0 Å². The molecule has 0 unspecified atom stereocenters. The van der Waals surface area contributed by atoms with Crippen molar-refractivity contribution in [1.29, 1.82) is 0 Å². The lowest BCUT2D eigenvalue weighted by Gasteiger charge is -2.29. The summed E-state index contributed by atoms with van der Waals surface area (Å²) >= 11 is 0. The van der Waals surface area contributed by atoms with Gasteiger partial charge in [-0.25, -0.2) is 4.98 Å². The van der Waals surface area contributed by atoms with Crippen molar-refractivity contribution in [2.45, 2.75) is 6.54 Å². The van der Waals surface area contributed by atoms with E-state index in [1.165, 1.54) is 0 Å². The number of anilines is 1. The lowest BCUT2D eigenvalue weighted by Crippen LogP contribution is -2.38. The second-order valence-corrected chi connectivity index (χ2v) is 8.09. The molecule has 0 atom stereocenters. The molecule has 33 heavy (non-hydrogen) atoms. The zero-order valence-corrected chi connectivity index (χ0v) is 18.7. The number of ether oxygens (including phenoxy) is 3. The maximum Gasteiger partial charge on any atom is 0.215 e. The van der Waals surface area contributed by atoms with Crippen molar-refractivity contribution in [2.75, 3.05) is 70.7 Å². The molecule has 2 saturated heterocycles. The quantitative estimate of drug-likeness (QED) is 0.483. The highest BCUT2D eigenvalue weighted by atomic mass is 16.5. The Morgan fingerprint density at radius 1 is 1.00 bits per heavy atom. The smallest absolute Gasteiger partial charge is 0.215 e. The molecular formula is C24H29N5O4. The maximum atomic E-state index is 6.06. The van der Waals surface area contributed by atoms with Crippen molar-refractivity contribution in [3.8, 4) is 5.88 Å². The van der Waals surface area contributed by atoms with Gasteiger partial charge in [0.1, 0.15) is 12.3 Å². The molecule has 0 radical (unpaired) electrons. The van der Waals surface area contributed by atoms with Crippen LogP contribution in [0.15, 0.2) is 45.9 Å². The van der Waals surface area contributed by atoms with Crippen LogP contribution in [0.5, 0.6) is 5.88 Å². The average molecular weight is 452 g/mol. The first-order valence-electron chi connectivity index (χ1n) is 11.5. The molecule has 0 saturated carbocycles. The van der Waals surface area contributed by atoms with Crippen LogP contribution in [0.25, 0.3) is 11.0 Å². The van der Waals surface area contributed by atoms with Gasteiger partial charge < -0.3 is 23.6 Å². The molecule has 2 aromatic heterocycles. The summed E-state index contributed by atoms with van der Waals surface area (Å²) in [6.45, 7) is 8.50. The number of hydrogen-bond acceptors (Lipinski definition) is 9. The fourth-order valence-electron chi connectivity index (χ4n) is 4.03. The fraction of sp³-hybridized carbons (Fsp3) is 0.458. The van der Waals surface area contributed by atoms with Crippen molar-refractivity contribution in [3.63, 3.8) is 0 Å². The Bertz CT molecular complexity index is 1070. The number of hydrogen-bond donors (Lipinski definition) is 0. The zero-order chi connectivity index (χ0) is 22.3. The molecule has 9 heteroatoms. The third-order valence-corrected chi connectivity index (χ3v) is 5.85. The van der Waals surface area contributed by atoms with Crippen LogP contribution in [0.2, 0.25) is 0 Å². The minimum absolute atomic E-state index is 0.430. The molecule has 174 valence electrons. The molecule has 0 N–H and O–H groups in total. The van der Waals surface area contributed by atoms with Gasteiger partial charge in [0, 0.05) is 44.5 Å². The number of nitrogens with zero attached hydrogens (tertiary/aromatic N) is 5. The predicted molar refractivity (Wildman–Crippen MR) is 125 cm³/mol. The van der Waals surface area contributed by atoms with E-state index in [9.17, 15) is 0 Å². The van der Waals surface area contributed by atoms with Crippen LogP contribution < -0.4 is 9.64 Å². The number of aliphatic imine (C=N–C) groups is 1. The van der Waals surface area contributed by atoms with E-state index in [4.69, 9.17) is 23.7 Å². The number of pyridine rings is 1. The standard InChI is InChI=1S/C24H29N5O4/c1-2-4-23-21(3-1)22(27-33-23)18-25-17-19-15-20(29-8-12-31-13-9-29)16-24(26-19)32-14-7-28-5-10-30-11-6-28/h1-4,15-16,18H,5-14,17H2. The summed E-state index contributed by atoms with van der Waals surface area (Å²) in [5, 5.41) is 5.06. The molecule has 5 rings (SSSR count). The summed E-state index contributed by atoms with van der Waals surface area (Å²) in [5.41, 5.74) is 3.41. The topological polar surface area (TPSA) is 85.5 Å². The van der Waals surface area contributed by atoms with Gasteiger partial charge in [0.15, 0.2) is 5.58 Å². The van der Waals surface area contributed by atoms with Gasteiger partial charge >= 0.3 is 0 Å². The number of aromatic nitrogens is 2. The number of fused-ring (bicyclic) bond motifs is 1. The average Bonchev–Trinajstić information content (AvgIpc) is 3.28. The number of rotatable bonds is 8. The van der Waals surface area contributed by atoms with E-state index in [0.717, 1.165) is 87.2 Å². The maximum absolute atomic E-state index is 6.06. The number of para-hydroxylation sites is 1. The van der Waals surface area contributed by atoms with Crippen LogP contribution in [-0.4, -0.2) is 87.0 Å². The number of benzene rings is 1. The van der Waals surface area contributed by atoms with E-state index >= 15 is 0 Å². The van der Waals surface area contributed by atoms with Gasteiger partial charge in [-0.15, -0.1) is 0 Å². The summed E-state index contributed by atoms with van der Waals surface area (Å²) < 4.78 is 22.3. The van der Waals surface area contributed by atoms with Crippen LogP contribution in [0.1, 0.15) is 11.4 Å². The fourth-order valence-corrected chi connectivity index (χ4v) is 4.03. The Labute approximate surface area is 192 Å². The molecule has 4 heterocycles. The van der Waals surface area contributed by atoms with Crippen LogP contribution in [-0.2, 0) is 16.0 Å². The molecule has 2 aliphatic heterocycles. The molecule has 9 nitrogen and oxygen atoms in total. The summed E-state index contributed by atoms with van der Waals surface area (Å²) in [6.07, 6.45) is 1.74. The summed E-state index contributed by atoms with van der Waals surface area (Å²) in [6, 6.07) is 11.9. The lowest BCUT2D eigenvalue weighted by atomic mass is 10.2. The molecule has 3 aromatic rings. The first kappa shape index (κ1) is 21.8. The Balaban J connectivity index is 1.28. The first-order chi connectivity index (χ1) is 16.3. The third-order valence-electron chi connectivity index (χ3n) is 5.85. The van der Waals surface area contributed by atoms with Crippen LogP contribution in [0.3, 0.4) is 0 Å². The summed E-state index contributed by atoms with van der Waals surface area (Å²) in [4.78, 5) is 13.9. The van der Waals surface area contributed by atoms with Gasteiger partial charge in [0.25, 0.3) is 0 Å². The highest BCUT2D eigenvalue weighted by Gasteiger charge is 2.15. The predicted octanol–water partition coefficient (Wildman–Crippen LogP) is 2.39. The van der Waals surface area contributed by atoms with E-state index in [-0.39, 0.29) is 0 Å². The minimum Gasteiger partial charge on any atom is -0.476 e. The molecule has 0 amide bonds. The molecule has 1 aromatic carbocycles. The van der Waals surface area contributed by atoms with E-state index < -0.39 is 0 Å². The van der Waals surface area contributed by atoms with Gasteiger partial charge in [0.2, 0.25) is 5.88 Å². The molecule has 0 spiro atoms. The molecule has 2 aliphatic rings. The molecule has 0 aliphatic carbocycles. The van der Waals surface area contributed by atoms with Crippen LogP contribution in [0.4, 0.5) is 5.69 Å². The van der Waals surface area contributed by atoms with Gasteiger partial charge in [-0.3, -0.25) is 9.89 Å². The summed E-state index contributed by atoms with van der Waals surface area (Å²) in [5.74, 6) is 0.629. The van der Waals surface area contributed by atoms with Crippen LogP contribution >= 0.6 is 0 Å². The Kier molecular flexibility index (Phi) is 7.10. The monoisotopic (exact) mass is 451 g/mol.